The maximum atomic E-state index is 12.5. The van der Waals surface area contributed by atoms with E-state index in [0.717, 1.165) is 28.2 Å². The highest BCUT2D eigenvalue weighted by Gasteiger charge is 2.13. The summed E-state index contributed by atoms with van der Waals surface area (Å²) in [6.07, 6.45) is 0.931. The van der Waals surface area contributed by atoms with Crippen molar-refractivity contribution >= 4 is 39.1 Å². The summed E-state index contributed by atoms with van der Waals surface area (Å²) in [7, 11) is 0. The van der Waals surface area contributed by atoms with Crippen molar-refractivity contribution in [2.24, 2.45) is 0 Å². The van der Waals surface area contributed by atoms with E-state index >= 15 is 0 Å². The van der Waals surface area contributed by atoms with Crippen LogP contribution in [0.4, 0.5) is 11.4 Å². The molecule has 27 heavy (non-hydrogen) atoms. The van der Waals surface area contributed by atoms with Gasteiger partial charge in [0.05, 0.1) is 4.92 Å². The Kier molecular flexibility index (Phi) is 4.08. The van der Waals surface area contributed by atoms with Crippen molar-refractivity contribution in [1.29, 1.82) is 0 Å². The van der Waals surface area contributed by atoms with Crippen LogP contribution in [0.3, 0.4) is 0 Å². The number of amides is 1. The van der Waals surface area contributed by atoms with Crippen LogP contribution in [0.5, 0.6) is 0 Å². The fourth-order valence-electron chi connectivity index (χ4n) is 3.33. The molecule has 0 saturated carbocycles. The summed E-state index contributed by atoms with van der Waals surface area (Å²) in [5.74, 6) is -0.386. The number of carbonyl (C=O) groups is 1. The van der Waals surface area contributed by atoms with Crippen LogP contribution in [0.2, 0.25) is 0 Å². The van der Waals surface area contributed by atoms with E-state index in [1.54, 1.807) is 6.07 Å². The molecule has 0 fully saturated rings. The minimum Gasteiger partial charge on any atom is -0.354 e. The summed E-state index contributed by atoms with van der Waals surface area (Å²) in [5.41, 5.74) is 4.05. The van der Waals surface area contributed by atoms with Gasteiger partial charge >= 0.3 is 0 Å². The van der Waals surface area contributed by atoms with Crippen LogP contribution < -0.4 is 5.32 Å². The van der Waals surface area contributed by atoms with Gasteiger partial charge < -0.3 is 10.3 Å². The topological polar surface area (TPSA) is 88.0 Å². The molecule has 134 valence electrons. The predicted molar refractivity (Wildman–Crippen MR) is 106 cm³/mol. The fourth-order valence-corrected chi connectivity index (χ4v) is 3.33. The molecule has 1 heterocycles. The molecule has 4 rings (SSSR count). The van der Waals surface area contributed by atoms with Gasteiger partial charge in [-0.2, -0.15) is 0 Å². The quantitative estimate of drug-likeness (QED) is 0.395. The summed E-state index contributed by atoms with van der Waals surface area (Å²) < 4.78 is 0. The molecule has 0 atom stereocenters. The van der Waals surface area contributed by atoms with Crippen LogP contribution >= 0.6 is 0 Å². The van der Waals surface area contributed by atoms with Gasteiger partial charge in [0.2, 0.25) is 0 Å². The third-order valence-electron chi connectivity index (χ3n) is 4.68. The van der Waals surface area contributed by atoms with Gasteiger partial charge in [-0.25, -0.2) is 0 Å². The van der Waals surface area contributed by atoms with Crippen LogP contribution in [0.1, 0.15) is 22.8 Å². The largest absolute Gasteiger partial charge is 0.354 e. The van der Waals surface area contributed by atoms with Crippen molar-refractivity contribution in [2.75, 3.05) is 5.32 Å². The predicted octanol–water partition coefficient (Wildman–Crippen LogP) is 5.04. The van der Waals surface area contributed by atoms with Crippen LogP contribution in [0.15, 0.2) is 60.7 Å². The van der Waals surface area contributed by atoms with Crippen molar-refractivity contribution in [3.05, 3.63) is 81.9 Å². The maximum Gasteiger partial charge on any atom is 0.270 e. The Morgan fingerprint density at radius 3 is 2.67 bits per heavy atom. The van der Waals surface area contributed by atoms with E-state index < -0.39 is 4.92 Å². The third-order valence-corrected chi connectivity index (χ3v) is 4.68. The normalized spacial score (nSPS) is 11.0. The molecule has 1 amide bonds. The van der Waals surface area contributed by atoms with Gasteiger partial charge in [-0.1, -0.05) is 37.3 Å². The van der Waals surface area contributed by atoms with Gasteiger partial charge in [0.25, 0.3) is 11.6 Å². The second-order valence-corrected chi connectivity index (χ2v) is 6.34. The number of anilines is 1. The van der Waals surface area contributed by atoms with Crippen LogP contribution in [-0.2, 0) is 6.42 Å². The number of benzene rings is 3. The van der Waals surface area contributed by atoms with Gasteiger partial charge in [0.15, 0.2) is 0 Å². The monoisotopic (exact) mass is 359 g/mol. The zero-order chi connectivity index (χ0) is 19.0. The van der Waals surface area contributed by atoms with Crippen LogP contribution in [0.25, 0.3) is 21.8 Å². The molecule has 6 heteroatoms. The van der Waals surface area contributed by atoms with Crippen molar-refractivity contribution in [3.8, 4) is 0 Å². The molecule has 3 aromatic carbocycles. The summed E-state index contributed by atoms with van der Waals surface area (Å²) in [6.45, 7) is 2.12. The number of H-pyrrole nitrogens is 1. The molecule has 1 aromatic heterocycles. The lowest BCUT2D eigenvalue weighted by Gasteiger charge is -2.05. The number of nitro groups is 1. The highest BCUT2D eigenvalue weighted by molar-refractivity contribution is 6.10. The zero-order valence-corrected chi connectivity index (χ0v) is 14.7. The van der Waals surface area contributed by atoms with Crippen molar-refractivity contribution in [2.45, 2.75) is 13.3 Å². The molecule has 0 aliphatic heterocycles. The number of fused-ring (bicyclic) bond motifs is 3. The first-order valence-corrected chi connectivity index (χ1v) is 8.66. The first kappa shape index (κ1) is 16.8. The molecule has 0 bridgehead atoms. The number of non-ortho nitro benzene ring substituents is 1. The number of nitrogens with one attached hydrogen (secondary N) is 2. The highest BCUT2D eigenvalue weighted by atomic mass is 16.6. The van der Waals surface area contributed by atoms with Gasteiger partial charge in [-0.3, -0.25) is 14.9 Å². The molecular weight excluding hydrogens is 342 g/mol. The van der Waals surface area contributed by atoms with E-state index in [0.29, 0.717) is 5.69 Å². The zero-order valence-electron chi connectivity index (χ0n) is 14.7. The Balaban J connectivity index is 1.68. The first-order chi connectivity index (χ1) is 13.1. The van der Waals surface area contributed by atoms with Gasteiger partial charge in [0.1, 0.15) is 0 Å². The van der Waals surface area contributed by atoms with Crippen molar-refractivity contribution in [1.82, 2.24) is 4.98 Å². The minimum atomic E-state index is -0.515. The van der Waals surface area contributed by atoms with Crippen LogP contribution in [0, 0.1) is 10.1 Å². The van der Waals surface area contributed by atoms with Gasteiger partial charge in [-0.05, 0) is 30.2 Å². The summed E-state index contributed by atoms with van der Waals surface area (Å²) >= 11 is 0. The molecule has 0 saturated heterocycles. The van der Waals surface area contributed by atoms with E-state index in [4.69, 9.17) is 0 Å². The van der Waals surface area contributed by atoms with Gasteiger partial charge in [0, 0.05) is 45.2 Å². The highest BCUT2D eigenvalue weighted by Crippen LogP contribution is 2.30. The Bertz CT molecular complexity index is 1190. The van der Waals surface area contributed by atoms with E-state index in [9.17, 15) is 14.9 Å². The summed E-state index contributed by atoms with van der Waals surface area (Å²) in [5, 5.41) is 15.9. The lowest BCUT2D eigenvalue weighted by atomic mass is 10.1. The standard InChI is InChI=1S/C21H17N3O3/c1-2-13-5-4-8-18-17-10-9-15(12-19(17)23-20(13)18)22-21(25)14-6-3-7-16(11-14)24(26)27/h3-12,23H,2H2,1H3,(H,22,25). The number of para-hydroxylation sites is 1. The average Bonchev–Trinajstić information content (AvgIpc) is 3.05. The smallest absolute Gasteiger partial charge is 0.270 e. The lowest BCUT2D eigenvalue weighted by molar-refractivity contribution is -0.384. The maximum absolute atomic E-state index is 12.5. The summed E-state index contributed by atoms with van der Waals surface area (Å²) in [6, 6.07) is 17.6. The van der Waals surface area contributed by atoms with E-state index in [1.165, 1.54) is 23.8 Å². The van der Waals surface area contributed by atoms with E-state index in [2.05, 4.69) is 29.4 Å². The number of aromatic amines is 1. The van der Waals surface area contributed by atoms with Crippen molar-refractivity contribution in [3.63, 3.8) is 0 Å². The molecular formula is C21H17N3O3. The van der Waals surface area contributed by atoms with Crippen LogP contribution in [-0.4, -0.2) is 15.8 Å². The number of rotatable bonds is 4. The molecule has 2 N–H and O–H groups in total. The number of carbonyl (C=O) groups excluding carboxylic acids is 1. The van der Waals surface area contributed by atoms with E-state index in [1.807, 2.05) is 24.3 Å². The fraction of sp³-hybridized carbons (Fsp3) is 0.0952. The number of nitrogens with zero attached hydrogens (tertiary/aromatic N) is 1. The first-order valence-electron chi connectivity index (χ1n) is 8.66. The SMILES string of the molecule is CCc1cccc2c1[nH]c1cc(NC(=O)c3cccc([N+](=O)[O-])c3)ccc12. The number of nitro benzene ring substituents is 1. The molecule has 0 aliphatic rings. The molecule has 4 aromatic rings. The van der Waals surface area contributed by atoms with Crippen molar-refractivity contribution < 1.29 is 9.72 Å². The minimum absolute atomic E-state index is 0.110. The molecule has 0 aliphatic carbocycles. The Labute approximate surface area is 155 Å². The average molecular weight is 359 g/mol. The van der Waals surface area contributed by atoms with Gasteiger partial charge in [-0.15, -0.1) is 0 Å². The second kappa shape index (κ2) is 6.57. The number of hydrogen-bond acceptors (Lipinski definition) is 3. The Hall–Kier alpha value is -3.67. The Morgan fingerprint density at radius 2 is 1.89 bits per heavy atom. The van der Waals surface area contributed by atoms with E-state index in [-0.39, 0.29) is 17.2 Å². The molecule has 0 radical (unpaired) electrons. The lowest BCUT2D eigenvalue weighted by Crippen LogP contribution is -2.12. The third kappa shape index (κ3) is 3.01. The second-order valence-electron chi connectivity index (χ2n) is 6.34. The summed E-state index contributed by atoms with van der Waals surface area (Å²) in [4.78, 5) is 26.3. The molecule has 6 nitrogen and oxygen atoms in total. The number of hydrogen-bond donors (Lipinski definition) is 2. The molecule has 0 spiro atoms. The molecule has 0 unspecified atom stereocenters. The number of aromatic nitrogens is 1. The number of aryl methyl sites for hydroxylation is 1. The Morgan fingerprint density at radius 1 is 1.07 bits per heavy atom.